The standard InChI is InChI=1S/C15H12FNO5S/c1-10-2-8-13(9-3-10)23(20,21)22-17-14(15(18)19)11-4-6-12(16)7-5-11/h2-9H,1H3,(H,18,19). The molecule has 0 aromatic heterocycles. The molecular formula is C15H12FNO5S. The van der Waals surface area contributed by atoms with E-state index in [2.05, 4.69) is 9.44 Å². The molecule has 0 atom stereocenters. The van der Waals surface area contributed by atoms with Gasteiger partial charge in [0.05, 0.1) is 0 Å². The number of halogens is 1. The van der Waals surface area contributed by atoms with Crippen LogP contribution in [0.3, 0.4) is 0 Å². The largest absolute Gasteiger partial charge is 0.476 e. The second-order valence-electron chi connectivity index (χ2n) is 4.59. The Labute approximate surface area is 132 Å². The number of aryl methyl sites for hydroxylation is 1. The van der Waals surface area contributed by atoms with E-state index >= 15 is 0 Å². The number of oxime groups is 1. The number of benzene rings is 2. The molecule has 2 aromatic rings. The molecule has 0 aliphatic heterocycles. The normalized spacial score (nSPS) is 12.0. The Bertz CT molecular complexity index is 842. The van der Waals surface area contributed by atoms with Gasteiger partial charge < -0.3 is 5.11 Å². The van der Waals surface area contributed by atoms with Crippen LogP contribution in [0.1, 0.15) is 11.1 Å². The third kappa shape index (κ3) is 4.13. The number of aliphatic carboxylic acids is 1. The lowest BCUT2D eigenvalue weighted by Gasteiger charge is -2.04. The minimum absolute atomic E-state index is 0.0120. The van der Waals surface area contributed by atoms with Crippen LogP contribution in [0.15, 0.2) is 58.6 Å². The van der Waals surface area contributed by atoms with E-state index in [0.717, 1.165) is 29.8 Å². The molecule has 0 aliphatic carbocycles. The Kier molecular flexibility index (Phi) is 4.75. The predicted octanol–water partition coefficient (Wildman–Crippen LogP) is 2.33. The zero-order valence-electron chi connectivity index (χ0n) is 11.9. The van der Waals surface area contributed by atoms with E-state index in [9.17, 15) is 17.6 Å². The number of carboxylic acids is 1. The average Bonchev–Trinajstić information content (AvgIpc) is 2.49. The first kappa shape index (κ1) is 16.6. The van der Waals surface area contributed by atoms with E-state index in [-0.39, 0.29) is 10.5 Å². The summed E-state index contributed by atoms with van der Waals surface area (Å²) in [7, 11) is -4.25. The van der Waals surface area contributed by atoms with Gasteiger partial charge in [0.2, 0.25) is 0 Å². The van der Waals surface area contributed by atoms with Crippen molar-refractivity contribution in [3.8, 4) is 0 Å². The molecule has 0 aliphatic rings. The van der Waals surface area contributed by atoms with Crippen LogP contribution in [0.4, 0.5) is 4.39 Å². The molecule has 23 heavy (non-hydrogen) atoms. The summed E-state index contributed by atoms with van der Waals surface area (Å²) in [5.74, 6) is -2.07. The molecule has 2 aromatic carbocycles. The van der Waals surface area contributed by atoms with Gasteiger partial charge in [0.15, 0.2) is 5.71 Å². The minimum atomic E-state index is -4.25. The van der Waals surface area contributed by atoms with Crippen LogP contribution in [-0.2, 0) is 19.2 Å². The Morgan fingerprint density at radius 1 is 1.09 bits per heavy atom. The van der Waals surface area contributed by atoms with E-state index < -0.39 is 27.6 Å². The van der Waals surface area contributed by atoms with Crippen LogP contribution in [0.2, 0.25) is 0 Å². The number of hydrogen-bond donors (Lipinski definition) is 1. The van der Waals surface area contributed by atoms with Crippen LogP contribution in [0, 0.1) is 12.7 Å². The first-order valence-electron chi connectivity index (χ1n) is 6.37. The van der Waals surface area contributed by atoms with Crippen LogP contribution in [-0.4, -0.2) is 25.2 Å². The summed E-state index contributed by atoms with van der Waals surface area (Å²) in [6.07, 6.45) is 0. The fourth-order valence-electron chi connectivity index (χ4n) is 1.66. The molecular weight excluding hydrogens is 325 g/mol. The van der Waals surface area contributed by atoms with Gasteiger partial charge in [0.1, 0.15) is 10.7 Å². The zero-order valence-corrected chi connectivity index (χ0v) is 12.7. The Hall–Kier alpha value is -2.74. The van der Waals surface area contributed by atoms with Gasteiger partial charge in [-0.05, 0) is 43.3 Å². The van der Waals surface area contributed by atoms with Gasteiger partial charge in [-0.2, -0.15) is 8.42 Å². The lowest BCUT2D eigenvalue weighted by molar-refractivity contribution is -0.129. The van der Waals surface area contributed by atoms with E-state index in [0.29, 0.717) is 0 Å². The summed E-state index contributed by atoms with van der Waals surface area (Å²) in [5.41, 5.74) is 0.212. The number of rotatable bonds is 5. The SMILES string of the molecule is Cc1ccc(S(=O)(=O)ON=C(C(=O)O)c2ccc(F)cc2)cc1. The lowest BCUT2D eigenvalue weighted by atomic mass is 10.1. The molecule has 0 amide bonds. The highest BCUT2D eigenvalue weighted by Gasteiger charge is 2.19. The van der Waals surface area contributed by atoms with E-state index in [1.165, 1.54) is 12.1 Å². The highest BCUT2D eigenvalue weighted by atomic mass is 32.2. The van der Waals surface area contributed by atoms with E-state index in [4.69, 9.17) is 5.11 Å². The van der Waals surface area contributed by atoms with Gasteiger partial charge in [-0.3, -0.25) is 4.28 Å². The molecule has 0 spiro atoms. The van der Waals surface area contributed by atoms with Gasteiger partial charge >= 0.3 is 16.1 Å². The summed E-state index contributed by atoms with van der Waals surface area (Å²) in [6.45, 7) is 1.78. The third-order valence-corrected chi connectivity index (χ3v) is 3.98. The second-order valence-corrected chi connectivity index (χ2v) is 6.12. The van der Waals surface area contributed by atoms with Crippen molar-refractivity contribution in [2.75, 3.05) is 0 Å². The van der Waals surface area contributed by atoms with Crippen LogP contribution in [0.5, 0.6) is 0 Å². The van der Waals surface area contributed by atoms with Crippen LogP contribution in [0.25, 0.3) is 0 Å². The number of hydrogen-bond acceptors (Lipinski definition) is 5. The van der Waals surface area contributed by atoms with Crippen LogP contribution >= 0.6 is 0 Å². The minimum Gasteiger partial charge on any atom is -0.476 e. The molecule has 120 valence electrons. The molecule has 0 bridgehead atoms. The maximum atomic E-state index is 12.9. The van der Waals surface area contributed by atoms with Gasteiger partial charge in [-0.1, -0.05) is 22.9 Å². The van der Waals surface area contributed by atoms with Gasteiger partial charge in [0, 0.05) is 5.56 Å². The molecule has 1 N–H and O–H groups in total. The Morgan fingerprint density at radius 2 is 1.65 bits per heavy atom. The highest BCUT2D eigenvalue weighted by Crippen LogP contribution is 2.14. The Balaban J connectivity index is 2.32. The fourth-order valence-corrected chi connectivity index (χ4v) is 2.39. The van der Waals surface area contributed by atoms with Crippen molar-refractivity contribution in [2.45, 2.75) is 11.8 Å². The molecule has 0 fully saturated rings. The lowest BCUT2D eigenvalue weighted by Crippen LogP contribution is -2.16. The average molecular weight is 337 g/mol. The smallest absolute Gasteiger partial charge is 0.358 e. The fraction of sp³-hybridized carbons (Fsp3) is 0.0667. The molecule has 0 unspecified atom stereocenters. The number of carbonyl (C=O) groups is 1. The first-order valence-corrected chi connectivity index (χ1v) is 7.78. The molecule has 0 saturated carbocycles. The van der Waals surface area contributed by atoms with Crippen molar-refractivity contribution >= 4 is 21.8 Å². The first-order chi connectivity index (χ1) is 10.8. The highest BCUT2D eigenvalue weighted by molar-refractivity contribution is 7.86. The topological polar surface area (TPSA) is 93.0 Å². The molecule has 8 heteroatoms. The maximum Gasteiger partial charge on any atom is 0.358 e. The van der Waals surface area contributed by atoms with Crippen molar-refractivity contribution in [3.63, 3.8) is 0 Å². The Morgan fingerprint density at radius 3 is 2.17 bits per heavy atom. The summed E-state index contributed by atoms with van der Waals surface area (Å²) in [5, 5.41) is 12.3. The second kappa shape index (κ2) is 6.57. The monoisotopic (exact) mass is 337 g/mol. The summed E-state index contributed by atoms with van der Waals surface area (Å²) in [6, 6.07) is 10.1. The van der Waals surface area contributed by atoms with Crippen molar-refractivity contribution in [1.82, 2.24) is 0 Å². The van der Waals surface area contributed by atoms with Crippen molar-refractivity contribution in [1.29, 1.82) is 0 Å². The number of nitrogens with zero attached hydrogens (tertiary/aromatic N) is 1. The van der Waals surface area contributed by atoms with Crippen molar-refractivity contribution in [2.24, 2.45) is 5.16 Å². The van der Waals surface area contributed by atoms with Crippen LogP contribution < -0.4 is 0 Å². The maximum absolute atomic E-state index is 12.9. The quantitative estimate of drug-likeness (QED) is 0.668. The summed E-state index contributed by atoms with van der Waals surface area (Å²) < 4.78 is 41.3. The molecule has 0 radical (unpaired) electrons. The summed E-state index contributed by atoms with van der Waals surface area (Å²) >= 11 is 0. The third-order valence-electron chi connectivity index (χ3n) is 2.86. The van der Waals surface area contributed by atoms with Crippen molar-refractivity contribution < 1.29 is 27.0 Å². The van der Waals surface area contributed by atoms with Gasteiger partial charge in [0.25, 0.3) is 0 Å². The zero-order chi connectivity index (χ0) is 17.0. The molecule has 6 nitrogen and oxygen atoms in total. The molecule has 0 saturated heterocycles. The summed E-state index contributed by atoms with van der Waals surface area (Å²) in [4.78, 5) is 11.0. The molecule has 2 rings (SSSR count). The predicted molar refractivity (Wildman–Crippen MR) is 80.0 cm³/mol. The van der Waals surface area contributed by atoms with E-state index in [1.807, 2.05) is 0 Å². The van der Waals surface area contributed by atoms with Gasteiger partial charge in [-0.25, -0.2) is 9.18 Å². The van der Waals surface area contributed by atoms with Gasteiger partial charge in [-0.15, -0.1) is 0 Å². The van der Waals surface area contributed by atoms with E-state index in [1.54, 1.807) is 19.1 Å². The molecule has 0 heterocycles. The number of carboxylic acid groups (broad SMARTS) is 1. The van der Waals surface area contributed by atoms with Crippen molar-refractivity contribution in [3.05, 3.63) is 65.5 Å².